The third-order valence-electron chi connectivity index (χ3n) is 5.90. The first-order valence-electron chi connectivity index (χ1n) is 10.0. The number of carbonyl (C=O) groups excluding carboxylic acids is 1. The zero-order valence-corrected chi connectivity index (χ0v) is 16.3. The summed E-state index contributed by atoms with van der Waals surface area (Å²) < 4.78 is 9.35. The van der Waals surface area contributed by atoms with Gasteiger partial charge < -0.3 is 9.30 Å². The van der Waals surface area contributed by atoms with Gasteiger partial charge in [-0.25, -0.2) is 4.98 Å². The van der Waals surface area contributed by atoms with Gasteiger partial charge in [0.25, 0.3) is 0 Å². The summed E-state index contributed by atoms with van der Waals surface area (Å²) in [5.74, 6) is 1.41. The predicted octanol–water partition coefficient (Wildman–Crippen LogP) is 2.45. The molecule has 3 aromatic rings. The first-order valence-corrected chi connectivity index (χ1v) is 10.0. The van der Waals surface area contributed by atoms with Crippen LogP contribution in [0.2, 0.25) is 0 Å². The molecule has 0 saturated heterocycles. The molecular formula is C21H25N5O2. The van der Waals surface area contributed by atoms with Crippen molar-refractivity contribution in [3.8, 4) is 11.5 Å². The molecule has 1 aliphatic heterocycles. The molecule has 0 radical (unpaired) electrons. The van der Waals surface area contributed by atoms with E-state index < -0.39 is 0 Å². The van der Waals surface area contributed by atoms with Crippen LogP contribution in [0.1, 0.15) is 19.0 Å². The van der Waals surface area contributed by atoms with E-state index in [4.69, 9.17) is 14.8 Å². The van der Waals surface area contributed by atoms with Crippen LogP contribution in [0.5, 0.6) is 0 Å². The van der Waals surface area contributed by atoms with Crippen LogP contribution in [0.4, 0.5) is 0 Å². The Hall–Kier alpha value is -2.67. The Labute approximate surface area is 163 Å². The summed E-state index contributed by atoms with van der Waals surface area (Å²) in [5, 5.41) is 4.81. The van der Waals surface area contributed by atoms with Crippen LogP contribution >= 0.6 is 0 Å². The highest BCUT2D eigenvalue weighted by molar-refractivity contribution is 5.79. The number of imidazole rings is 1. The zero-order chi connectivity index (χ0) is 19.3. The van der Waals surface area contributed by atoms with Crippen LogP contribution in [-0.2, 0) is 29.7 Å². The van der Waals surface area contributed by atoms with Gasteiger partial charge in [0.05, 0.1) is 35.8 Å². The second-order valence-corrected chi connectivity index (χ2v) is 7.82. The lowest BCUT2D eigenvalue weighted by molar-refractivity contribution is -0.145. The van der Waals surface area contributed by atoms with Crippen molar-refractivity contribution in [3.05, 3.63) is 36.0 Å². The molecule has 28 heavy (non-hydrogen) atoms. The van der Waals surface area contributed by atoms with Gasteiger partial charge in [-0.15, -0.1) is 0 Å². The van der Waals surface area contributed by atoms with Crippen molar-refractivity contribution in [1.29, 1.82) is 0 Å². The number of ether oxygens (including phenoxy) is 1. The summed E-state index contributed by atoms with van der Waals surface area (Å²) in [6, 6.07) is 10.3. The Morgan fingerprint density at radius 2 is 2.14 bits per heavy atom. The highest BCUT2D eigenvalue weighted by Crippen LogP contribution is 2.40. The van der Waals surface area contributed by atoms with Gasteiger partial charge in [-0.1, -0.05) is 12.1 Å². The third-order valence-corrected chi connectivity index (χ3v) is 5.90. The van der Waals surface area contributed by atoms with E-state index in [9.17, 15) is 4.79 Å². The van der Waals surface area contributed by atoms with Gasteiger partial charge in [0.1, 0.15) is 5.69 Å². The van der Waals surface area contributed by atoms with Gasteiger partial charge in [0.2, 0.25) is 0 Å². The van der Waals surface area contributed by atoms with Gasteiger partial charge in [-0.2, -0.15) is 5.10 Å². The number of para-hydroxylation sites is 2. The molecule has 0 spiro atoms. The molecule has 1 fully saturated rings. The molecular weight excluding hydrogens is 354 g/mol. The lowest BCUT2D eigenvalue weighted by Gasteiger charge is -2.27. The summed E-state index contributed by atoms with van der Waals surface area (Å²) in [5.41, 5.74) is 4.24. The molecule has 7 nitrogen and oxygen atoms in total. The molecule has 2 aromatic heterocycles. The summed E-state index contributed by atoms with van der Waals surface area (Å²) >= 11 is 0. The normalized spacial score (nSPS) is 21.6. The van der Waals surface area contributed by atoms with Crippen molar-refractivity contribution >= 4 is 17.0 Å². The Bertz CT molecular complexity index is 1040. The Morgan fingerprint density at radius 3 is 2.96 bits per heavy atom. The van der Waals surface area contributed by atoms with E-state index in [1.165, 1.54) is 5.69 Å². The minimum Gasteiger partial charge on any atom is -0.466 e. The second-order valence-electron chi connectivity index (χ2n) is 7.82. The molecule has 7 heteroatoms. The van der Waals surface area contributed by atoms with Crippen molar-refractivity contribution in [2.24, 2.45) is 18.9 Å². The lowest BCUT2D eigenvalue weighted by atomic mass is 10.2. The van der Waals surface area contributed by atoms with E-state index in [0.717, 1.165) is 55.2 Å². The number of benzene rings is 1. The molecule has 0 unspecified atom stereocenters. The number of hydrogen-bond acceptors (Lipinski definition) is 5. The monoisotopic (exact) mass is 379 g/mol. The van der Waals surface area contributed by atoms with Gasteiger partial charge >= 0.3 is 5.97 Å². The van der Waals surface area contributed by atoms with Crippen molar-refractivity contribution in [2.75, 3.05) is 19.7 Å². The lowest BCUT2D eigenvalue weighted by Crippen LogP contribution is -2.35. The molecule has 0 amide bonds. The summed E-state index contributed by atoms with van der Waals surface area (Å²) in [4.78, 5) is 19.1. The number of aromatic nitrogens is 4. The zero-order valence-electron chi connectivity index (χ0n) is 16.3. The smallest absolute Gasteiger partial charge is 0.309 e. The molecule has 1 saturated carbocycles. The molecule has 146 valence electrons. The van der Waals surface area contributed by atoms with E-state index in [1.807, 2.05) is 32.2 Å². The molecule has 3 heterocycles. The van der Waals surface area contributed by atoms with Gasteiger partial charge in [0, 0.05) is 26.7 Å². The number of hydrogen-bond donors (Lipinski definition) is 0. The maximum atomic E-state index is 11.9. The van der Waals surface area contributed by atoms with Crippen molar-refractivity contribution in [2.45, 2.75) is 26.4 Å². The summed E-state index contributed by atoms with van der Waals surface area (Å²) in [6.07, 6.45) is 0.958. The summed E-state index contributed by atoms with van der Waals surface area (Å²) in [6.45, 7) is 5.98. The maximum absolute atomic E-state index is 11.9. The number of carbonyl (C=O) groups is 1. The maximum Gasteiger partial charge on any atom is 0.309 e. The van der Waals surface area contributed by atoms with Gasteiger partial charge in [0.15, 0.2) is 5.82 Å². The standard InChI is InChI=1S/C21H25N5O2/c1-3-28-21(27)16-10-14(16)12-25-8-9-26-15(13-25)11-18(23-26)20-22-17-6-4-5-7-19(17)24(20)2/h4-7,11,14,16H,3,8-10,12-13H2,1-2H3/t14-,16-/m1/s1. The van der Waals surface area contributed by atoms with Crippen LogP contribution in [0.3, 0.4) is 0 Å². The van der Waals surface area contributed by atoms with E-state index >= 15 is 0 Å². The minimum atomic E-state index is -0.0290. The van der Waals surface area contributed by atoms with Crippen LogP contribution in [0.25, 0.3) is 22.6 Å². The molecule has 0 N–H and O–H groups in total. The van der Waals surface area contributed by atoms with Gasteiger partial charge in [-0.3, -0.25) is 14.4 Å². The number of rotatable bonds is 5. The number of fused-ring (bicyclic) bond motifs is 2. The summed E-state index contributed by atoms with van der Waals surface area (Å²) in [7, 11) is 2.04. The van der Waals surface area contributed by atoms with Crippen LogP contribution in [0.15, 0.2) is 30.3 Å². The SMILES string of the molecule is CCOC(=O)[C@@H]1C[C@@H]1CN1CCn2nc(-c3nc4ccccc4n3C)cc2C1. The van der Waals surface area contributed by atoms with E-state index in [1.54, 1.807) is 0 Å². The van der Waals surface area contributed by atoms with E-state index in [-0.39, 0.29) is 11.9 Å². The van der Waals surface area contributed by atoms with Crippen LogP contribution in [0, 0.1) is 11.8 Å². The minimum absolute atomic E-state index is 0.0290. The Kier molecular flexibility index (Phi) is 4.19. The number of nitrogens with zero attached hydrogens (tertiary/aromatic N) is 5. The highest BCUT2D eigenvalue weighted by atomic mass is 16.5. The largest absolute Gasteiger partial charge is 0.466 e. The number of aryl methyl sites for hydroxylation is 1. The topological polar surface area (TPSA) is 65.2 Å². The van der Waals surface area contributed by atoms with Crippen molar-refractivity contribution in [3.63, 3.8) is 0 Å². The van der Waals surface area contributed by atoms with Crippen molar-refractivity contribution < 1.29 is 9.53 Å². The molecule has 0 bridgehead atoms. The van der Waals surface area contributed by atoms with Gasteiger partial charge in [-0.05, 0) is 37.5 Å². The fourth-order valence-electron chi connectivity index (χ4n) is 4.28. The van der Waals surface area contributed by atoms with Crippen LogP contribution in [-0.4, -0.2) is 49.9 Å². The van der Waals surface area contributed by atoms with E-state index in [2.05, 4.69) is 26.3 Å². The molecule has 5 rings (SSSR count). The number of esters is 1. The second kappa shape index (κ2) is 6.74. The van der Waals surface area contributed by atoms with E-state index in [0.29, 0.717) is 12.5 Å². The van der Waals surface area contributed by atoms with Crippen LogP contribution < -0.4 is 0 Å². The average Bonchev–Trinajstić information content (AvgIpc) is 3.20. The highest BCUT2D eigenvalue weighted by Gasteiger charge is 2.45. The first kappa shape index (κ1) is 17.4. The fourth-order valence-corrected chi connectivity index (χ4v) is 4.28. The predicted molar refractivity (Wildman–Crippen MR) is 105 cm³/mol. The Balaban J connectivity index is 1.31. The quantitative estimate of drug-likeness (QED) is 0.637. The first-order chi connectivity index (χ1) is 13.6. The fraction of sp³-hybridized carbons (Fsp3) is 0.476. The Morgan fingerprint density at radius 1 is 1.29 bits per heavy atom. The third kappa shape index (κ3) is 2.99. The molecule has 1 aromatic carbocycles. The average molecular weight is 379 g/mol. The van der Waals surface area contributed by atoms with Crippen molar-refractivity contribution in [1.82, 2.24) is 24.2 Å². The molecule has 2 atom stereocenters. The molecule has 1 aliphatic carbocycles. The molecule has 2 aliphatic rings.